The molecule has 2 N–H and O–H groups in total. The smallest absolute Gasteiger partial charge is 0.330 e. The van der Waals surface area contributed by atoms with Crippen LogP contribution >= 0.6 is 0 Å². The second-order valence-corrected chi connectivity index (χ2v) is 13.5. The SMILES string of the molecule is Cc1cn([C@H]2C[C@H](N=[N+]=[N-])[C@@H](COC(=O)[C@H]3CCC4C5CCC6=CC(=O)CC[C@]6(C)C5[C@@H](O)C[C@@]43C)O2)c(=O)[nH]c1=O. The number of H-pyrrole nitrogens is 1. The van der Waals surface area contributed by atoms with Gasteiger partial charge in [-0.1, -0.05) is 24.5 Å². The molecule has 1 aromatic rings. The minimum atomic E-state index is -0.784. The van der Waals surface area contributed by atoms with Crippen molar-refractivity contribution < 1.29 is 24.2 Å². The van der Waals surface area contributed by atoms with Crippen LogP contribution in [0.25, 0.3) is 10.4 Å². The zero-order valence-corrected chi connectivity index (χ0v) is 24.3. The van der Waals surface area contributed by atoms with Crippen molar-refractivity contribution in [3.63, 3.8) is 0 Å². The monoisotopic (exact) mass is 581 g/mol. The highest BCUT2D eigenvalue weighted by molar-refractivity contribution is 5.91. The highest BCUT2D eigenvalue weighted by atomic mass is 16.6. The number of azide groups is 1. The summed E-state index contributed by atoms with van der Waals surface area (Å²) in [5, 5.41) is 15.4. The average molecular weight is 582 g/mol. The van der Waals surface area contributed by atoms with Crippen LogP contribution in [-0.4, -0.2) is 51.3 Å². The molecule has 1 aliphatic heterocycles. The van der Waals surface area contributed by atoms with Gasteiger partial charge in [-0.15, -0.1) is 0 Å². The number of allylic oxidation sites excluding steroid dienone is 1. The third-order valence-electron chi connectivity index (χ3n) is 11.4. The molecule has 3 saturated carbocycles. The maximum atomic E-state index is 13.6. The number of fused-ring (bicyclic) bond motifs is 5. The van der Waals surface area contributed by atoms with E-state index >= 15 is 0 Å². The number of hydrogen-bond donors (Lipinski definition) is 2. The van der Waals surface area contributed by atoms with Crippen molar-refractivity contribution in [3.05, 3.63) is 54.7 Å². The normalized spacial score (nSPS) is 40.8. The third-order valence-corrected chi connectivity index (χ3v) is 11.4. The van der Waals surface area contributed by atoms with Crippen molar-refractivity contribution in [2.24, 2.45) is 39.6 Å². The predicted octanol–water partition coefficient (Wildman–Crippen LogP) is 3.47. The Bertz CT molecular complexity index is 1490. The van der Waals surface area contributed by atoms with Crippen molar-refractivity contribution >= 4 is 11.8 Å². The largest absolute Gasteiger partial charge is 0.463 e. The lowest BCUT2D eigenvalue weighted by atomic mass is 9.46. The quantitative estimate of drug-likeness (QED) is 0.231. The van der Waals surface area contributed by atoms with E-state index in [1.54, 1.807) is 6.92 Å². The summed E-state index contributed by atoms with van der Waals surface area (Å²) in [4.78, 5) is 55.1. The molecule has 0 bridgehead atoms. The lowest BCUT2D eigenvalue weighted by Crippen LogP contribution is -2.57. The summed E-state index contributed by atoms with van der Waals surface area (Å²) < 4.78 is 13.1. The molecule has 10 atom stereocenters. The van der Waals surface area contributed by atoms with Gasteiger partial charge < -0.3 is 14.6 Å². The zero-order valence-electron chi connectivity index (χ0n) is 24.3. The van der Waals surface area contributed by atoms with Crippen molar-refractivity contribution in [3.8, 4) is 0 Å². The Morgan fingerprint density at radius 1 is 1.26 bits per heavy atom. The van der Waals surface area contributed by atoms with Crippen molar-refractivity contribution in [2.75, 3.05) is 6.61 Å². The first-order chi connectivity index (χ1) is 20.0. The van der Waals surface area contributed by atoms with Gasteiger partial charge in [0.25, 0.3) is 5.56 Å². The molecule has 1 aromatic heterocycles. The first-order valence-corrected chi connectivity index (χ1v) is 15.1. The van der Waals surface area contributed by atoms with E-state index in [0.29, 0.717) is 24.8 Å². The number of esters is 1. The van der Waals surface area contributed by atoms with Gasteiger partial charge in [-0.25, -0.2) is 4.79 Å². The number of nitrogens with one attached hydrogen (secondary N) is 1. The van der Waals surface area contributed by atoms with Gasteiger partial charge in [0, 0.05) is 29.5 Å². The number of ether oxygens (including phenoxy) is 2. The molecule has 0 radical (unpaired) electrons. The molecule has 5 aliphatic rings. The molecule has 4 aliphatic carbocycles. The van der Waals surface area contributed by atoms with E-state index in [2.05, 4.69) is 28.9 Å². The Morgan fingerprint density at radius 3 is 2.81 bits per heavy atom. The van der Waals surface area contributed by atoms with Crippen molar-refractivity contribution in [1.82, 2.24) is 9.55 Å². The number of carbonyl (C=O) groups is 2. The average Bonchev–Trinajstić information content (AvgIpc) is 3.50. The van der Waals surface area contributed by atoms with E-state index in [1.807, 2.05) is 6.08 Å². The van der Waals surface area contributed by atoms with Crippen LogP contribution in [0.1, 0.15) is 77.0 Å². The number of nitrogens with zero attached hydrogens (tertiary/aromatic N) is 4. The van der Waals surface area contributed by atoms with Crippen LogP contribution < -0.4 is 11.2 Å². The molecule has 4 fully saturated rings. The van der Waals surface area contributed by atoms with Gasteiger partial charge in [0.1, 0.15) is 18.9 Å². The van der Waals surface area contributed by atoms with Gasteiger partial charge in [0.05, 0.1) is 18.1 Å². The van der Waals surface area contributed by atoms with Crippen LogP contribution in [0.4, 0.5) is 0 Å². The van der Waals surface area contributed by atoms with Gasteiger partial charge in [0.2, 0.25) is 0 Å². The lowest BCUT2D eigenvalue weighted by molar-refractivity contribution is -0.167. The fourth-order valence-electron chi connectivity index (χ4n) is 9.36. The molecule has 1 saturated heterocycles. The number of ketones is 1. The topological polar surface area (TPSA) is 176 Å². The van der Waals surface area contributed by atoms with E-state index < -0.39 is 41.1 Å². The van der Waals surface area contributed by atoms with Gasteiger partial charge in [-0.3, -0.25) is 23.9 Å². The van der Waals surface area contributed by atoms with Crippen molar-refractivity contribution in [1.29, 1.82) is 0 Å². The molecular weight excluding hydrogens is 542 g/mol. The molecule has 6 rings (SSSR count). The summed E-state index contributed by atoms with van der Waals surface area (Å²) in [7, 11) is 0. The summed E-state index contributed by atoms with van der Waals surface area (Å²) in [6.07, 6.45) is 6.43. The van der Waals surface area contributed by atoms with Crippen LogP contribution in [0.5, 0.6) is 0 Å². The predicted molar refractivity (Wildman–Crippen MR) is 150 cm³/mol. The van der Waals surface area contributed by atoms with E-state index in [4.69, 9.17) is 15.0 Å². The Balaban J connectivity index is 1.16. The van der Waals surface area contributed by atoms with Gasteiger partial charge in [0.15, 0.2) is 5.78 Å². The maximum Gasteiger partial charge on any atom is 0.330 e. The highest BCUT2D eigenvalue weighted by Gasteiger charge is 2.63. The molecule has 2 heterocycles. The Morgan fingerprint density at radius 2 is 2.05 bits per heavy atom. The van der Waals surface area contributed by atoms with Gasteiger partial charge in [-0.05, 0) is 85.6 Å². The number of aliphatic hydroxyl groups is 1. The Labute approximate surface area is 243 Å². The minimum Gasteiger partial charge on any atom is -0.463 e. The molecule has 0 amide bonds. The second-order valence-electron chi connectivity index (χ2n) is 13.5. The first kappa shape index (κ1) is 28.9. The highest BCUT2D eigenvalue weighted by Crippen LogP contribution is 2.66. The van der Waals surface area contributed by atoms with Crippen molar-refractivity contribution in [2.45, 2.75) is 96.6 Å². The number of hydrogen-bond acceptors (Lipinski definition) is 8. The molecule has 42 heavy (non-hydrogen) atoms. The second kappa shape index (κ2) is 10.5. The molecular formula is C30H39N5O7. The summed E-state index contributed by atoms with van der Waals surface area (Å²) in [5.41, 5.74) is 8.91. The molecule has 226 valence electrons. The molecule has 12 nitrogen and oxygen atoms in total. The molecule has 12 heteroatoms. The van der Waals surface area contributed by atoms with E-state index in [0.717, 1.165) is 25.7 Å². The van der Waals surface area contributed by atoms with E-state index in [1.165, 1.54) is 16.3 Å². The summed E-state index contributed by atoms with van der Waals surface area (Å²) >= 11 is 0. The standard InChI is InChI=1S/C30H39N5O7/c1-15-13-35(28(40)32-26(15)38)24-11-21(33-34-31)23(42-24)14-41-27(39)20-7-6-19-18-5-4-16-10-17(36)8-9-29(16,2)25(18)22(37)12-30(19,20)3/h10,13,18-25,37H,4-9,11-12,14H2,1-3H3,(H,32,38,40)/t18?,19?,20-,21+,22+,23-,24-,25?,29+,30+/m1/s1. The Kier molecular flexibility index (Phi) is 7.22. The lowest BCUT2D eigenvalue weighted by Gasteiger charge is -2.59. The summed E-state index contributed by atoms with van der Waals surface area (Å²) in [6.45, 7) is 5.77. The third kappa shape index (κ3) is 4.55. The van der Waals surface area contributed by atoms with Gasteiger partial charge in [-0.2, -0.15) is 0 Å². The number of aromatic amines is 1. The fraction of sp³-hybridized carbons (Fsp3) is 0.733. The first-order valence-electron chi connectivity index (χ1n) is 15.1. The molecule has 0 spiro atoms. The minimum absolute atomic E-state index is 0.0758. The zero-order chi connectivity index (χ0) is 30.0. The van der Waals surface area contributed by atoms with Crippen LogP contribution in [-0.2, 0) is 19.1 Å². The summed E-state index contributed by atoms with van der Waals surface area (Å²) in [6, 6.07) is -0.663. The van der Waals surface area contributed by atoms with Crippen LogP contribution in [0.2, 0.25) is 0 Å². The van der Waals surface area contributed by atoms with E-state index in [-0.39, 0.29) is 53.9 Å². The number of rotatable bonds is 5. The maximum absolute atomic E-state index is 13.6. The fourth-order valence-corrected chi connectivity index (χ4v) is 9.36. The van der Waals surface area contributed by atoms with Crippen LogP contribution in [0.3, 0.4) is 0 Å². The van der Waals surface area contributed by atoms with Crippen LogP contribution in [0, 0.1) is 41.4 Å². The van der Waals surface area contributed by atoms with Crippen LogP contribution in [0.15, 0.2) is 32.5 Å². The Hall–Kier alpha value is -3.21. The van der Waals surface area contributed by atoms with E-state index in [9.17, 15) is 24.3 Å². The number of aliphatic hydroxyl groups excluding tert-OH is 1. The number of aryl methyl sites for hydroxylation is 1. The summed E-state index contributed by atoms with van der Waals surface area (Å²) in [5.74, 6) is 0.0838. The number of carbonyl (C=O) groups excluding carboxylic acids is 2. The number of aromatic nitrogens is 2. The molecule has 3 unspecified atom stereocenters. The molecule has 0 aromatic carbocycles. The van der Waals surface area contributed by atoms with Gasteiger partial charge >= 0.3 is 11.7 Å².